The molecule has 0 saturated carbocycles. The van der Waals surface area contributed by atoms with Gasteiger partial charge in [-0.3, -0.25) is 0 Å². The number of thiophene rings is 2. The van der Waals surface area contributed by atoms with Crippen molar-refractivity contribution in [3.8, 4) is 39.6 Å². The molecule has 59 heavy (non-hydrogen) atoms. The molecule has 0 unspecified atom stereocenters. The number of nitrogens with zero attached hydrogens (tertiary/aromatic N) is 3. The van der Waals surface area contributed by atoms with E-state index in [0.29, 0.717) is 0 Å². The summed E-state index contributed by atoms with van der Waals surface area (Å²) >= 11 is 3.67. The molecule has 13 aromatic rings. The first-order chi connectivity index (χ1) is 29.2. The lowest BCUT2D eigenvalue weighted by Crippen LogP contribution is -1.97. The Kier molecular flexibility index (Phi) is 7.05. The van der Waals surface area contributed by atoms with Crippen LogP contribution in [0.5, 0.6) is 0 Å². The van der Waals surface area contributed by atoms with Crippen molar-refractivity contribution in [1.82, 2.24) is 14.5 Å². The highest BCUT2D eigenvalue weighted by molar-refractivity contribution is 7.26. The molecule has 0 N–H and O–H groups in total. The fourth-order valence-corrected chi connectivity index (χ4v) is 11.4. The molecule has 0 bridgehead atoms. The Labute approximate surface area is 346 Å². The molecule has 4 heterocycles. The quantitative estimate of drug-likeness (QED) is 0.178. The third-order valence-corrected chi connectivity index (χ3v) is 14.3. The summed E-state index contributed by atoms with van der Waals surface area (Å²) in [5, 5.41) is 12.6. The molecule has 274 valence electrons. The fourth-order valence-electron chi connectivity index (χ4n) is 9.23. The van der Waals surface area contributed by atoms with Crippen LogP contribution in [0.4, 0.5) is 0 Å². The van der Waals surface area contributed by atoms with Crippen molar-refractivity contribution in [2.75, 3.05) is 0 Å². The standard InChI is InChI=1S/C54H31N3S2/c1-3-11-38-32(9-1)19-25-46-52(38)53-39-12-4-2-10-33(39)20-26-47(53)57(46)37-23-17-34(18-24-37)44-31-45(35-21-27-50-42(29-35)40-13-5-7-15-48(40)58-50)56-54(55-44)36-22-28-51-43(30-36)41-14-6-8-16-49(41)59-51/h1-31H. The Morgan fingerprint density at radius 1 is 0.339 bits per heavy atom. The van der Waals surface area contributed by atoms with Gasteiger partial charge in [0.2, 0.25) is 0 Å². The zero-order chi connectivity index (χ0) is 38.6. The van der Waals surface area contributed by atoms with Crippen molar-refractivity contribution in [1.29, 1.82) is 0 Å². The second-order valence-corrected chi connectivity index (χ2v) is 17.5. The van der Waals surface area contributed by atoms with E-state index in [1.54, 1.807) is 0 Å². The summed E-state index contributed by atoms with van der Waals surface area (Å²) in [4.78, 5) is 10.6. The van der Waals surface area contributed by atoms with E-state index in [1.807, 2.05) is 22.7 Å². The van der Waals surface area contributed by atoms with E-state index in [0.717, 1.165) is 39.6 Å². The smallest absolute Gasteiger partial charge is 0.160 e. The van der Waals surface area contributed by atoms with Crippen LogP contribution in [-0.2, 0) is 0 Å². The number of benzene rings is 9. The Bertz CT molecular complexity index is 3630. The van der Waals surface area contributed by atoms with Crippen LogP contribution in [0.1, 0.15) is 0 Å². The Morgan fingerprint density at radius 2 is 0.797 bits per heavy atom. The van der Waals surface area contributed by atoms with Gasteiger partial charge in [0.05, 0.1) is 22.4 Å². The number of rotatable bonds is 4. The number of fused-ring (bicyclic) bond motifs is 13. The highest BCUT2D eigenvalue weighted by atomic mass is 32.1. The second kappa shape index (κ2) is 12.7. The van der Waals surface area contributed by atoms with Gasteiger partial charge in [-0.15, -0.1) is 22.7 Å². The van der Waals surface area contributed by atoms with Crippen molar-refractivity contribution in [2.45, 2.75) is 0 Å². The van der Waals surface area contributed by atoms with Crippen LogP contribution >= 0.6 is 22.7 Å². The lowest BCUT2D eigenvalue weighted by Gasteiger charge is -2.12. The third-order valence-electron chi connectivity index (χ3n) is 12.0. The molecule has 0 atom stereocenters. The van der Waals surface area contributed by atoms with Crippen LogP contribution in [0.15, 0.2) is 188 Å². The molecule has 5 heteroatoms. The topological polar surface area (TPSA) is 30.7 Å². The molecule has 0 aliphatic heterocycles. The molecule has 0 saturated heterocycles. The zero-order valence-corrected chi connectivity index (χ0v) is 33.2. The minimum Gasteiger partial charge on any atom is -0.309 e. The number of hydrogen-bond donors (Lipinski definition) is 0. The van der Waals surface area contributed by atoms with Crippen molar-refractivity contribution in [3.05, 3.63) is 188 Å². The van der Waals surface area contributed by atoms with Crippen LogP contribution in [-0.4, -0.2) is 14.5 Å². The van der Waals surface area contributed by atoms with E-state index in [1.165, 1.54) is 83.7 Å². The first-order valence-electron chi connectivity index (χ1n) is 19.9. The molecule has 0 radical (unpaired) electrons. The summed E-state index contributed by atoms with van der Waals surface area (Å²) in [6.45, 7) is 0. The van der Waals surface area contributed by atoms with Crippen LogP contribution in [0, 0.1) is 0 Å². The van der Waals surface area contributed by atoms with E-state index in [4.69, 9.17) is 9.97 Å². The molecule has 0 spiro atoms. The summed E-state index contributed by atoms with van der Waals surface area (Å²) in [7, 11) is 0. The van der Waals surface area contributed by atoms with Gasteiger partial charge in [0.25, 0.3) is 0 Å². The maximum Gasteiger partial charge on any atom is 0.160 e. The largest absolute Gasteiger partial charge is 0.309 e. The van der Waals surface area contributed by atoms with E-state index in [2.05, 4.69) is 193 Å². The van der Waals surface area contributed by atoms with Gasteiger partial charge in [-0.2, -0.15) is 0 Å². The SMILES string of the molecule is c1ccc2c(c1)ccc1c2c2c3ccccc3ccc2n1-c1ccc(-c2cc(-c3ccc4sc5ccccc5c4c3)nc(-c3ccc4sc5ccccc5c4c3)n2)cc1. The lowest BCUT2D eigenvalue weighted by molar-refractivity contribution is 1.17. The Balaban J connectivity index is 1.00. The molecule has 0 aliphatic carbocycles. The molecule has 0 amide bonds. The van der Waals surface area contributed by atoms with Crippen LogP contribution < -0.4 is 0 Å². The molecular weight excluding hydrogens is 755 g/mol. The second-order valence-electron chi connectivity index (χ2n) is 15.3. The highest BCUT2D eigenvalue weighted by Gasteiger charge is 2.19. The molecule has 3 nitrogen and oxygen atoms in total. The van der Waals surface area contributed by atoms with Crippen molar-refractivity contribution < 1.29 is 0 Å². The molecule has 9 aromatic carbocycles. The minimum atomic E-state index is 0.718. The average Bonchev–Trinajstić information content (AvgIpc) is 3.98. The van der Waals surface area contributed by atoms with Gasteiger partial charge in [-0.05, 0) is 94.3 Å². The van der Waals surface area contributed by atoms with Crippen LogP contribution in [0.2, 0.25) is 0 Å². The predicted octanol–water partition coefficient (Wildman–Crippen LogP) is 15.6. The lowest BCUT2D eigenvalue weighted by atomic mass is 10.00. The summed E-state index contributed by atoms with van der Waals surface area (Å²) in [6, 6.07) is 68.4. The van der Waals surface area contributed by atoms with Gasteiger partial charge in [-0.25, -0.2) is 9.97 Å². The zero-order valence-electron chi connectivity index (χ0n) is 31.6. The van der Waals surface area contributed by atoms with Crippen molar-refractivity contribution in [3.63, 3.8) is 0 Å². The monoisotopic (exact) mass is 785 g/mol. The van der Waals surface area contributed by atoms with Crippen molar-refractivity contribution >= 4 is 106 Å². The minimum absolute atomic E-state index is 0.718. The predicted molar refractivity (Wildman–Crippen MR) is 253 cm³/mol. The maximum absolute atomic E-state index is 5.32. The van der Waals surface area contributed by atoms with Crippen molar-refractivity contribution in [2.24, 2.45) is 0 Å². The van der Waals surface area contributed by atoms with Crippen LogP contribution in [0.25, 0.3) is 123 Å². The first kappa shape index (κ1) is 32.9. The summed E-state index contributed by atoms with van der Waals surface area (Å²) < 4.78 is 7.55. The Hall–Kier alpha value is -7.18. The molecular formula is C54H31N3S2. The van der Waals surface area contributed by atoms with E-state index in [-0.39, 0.29) is 0 Å². The molecule has 0 fully saturated rings. The van der Waals surface area contributed by atoms with Crippen LogP contribution in [0.3, 0.4) is 0 Å². The average molecular weight is 786 g/mol. The van der Waals surface area contributed by atoms with E-state index >= 15 is 0 Å². The van der Waals surface area contributed by atoms with Gasteiger partial charge in [-0.1, -0.05) is 115 Å². The summed E-state index contributed by atoms with van der Waals surface area (Å²) in [5.74, 6) is 0.718. The summed E-state index contributed by atoms with van der Waals surface area (Å²) in [6.07, 6.45) is 0. The van der Waals surface area contributed by atoms with Gasteiger partial charge in [0, 0.05) is 73.5 Å². The van der Waals surface area contributed by atoms with Gasteiger partial charge < -0.3 is 4.57 Å². The van der Waals surface area contributed by atoms with E-state index < -0.39 is 0 Å². The number of hydrogen-bond acceptors (Lipinski definition) is 4. The Morgan fingerprint density at radius 3 is 1.39 bits per heavy atom. The number of aromatic nitrogens is 3. The van der Waals surface area contributed by atoms with Gasteiger partial charge in [0.15, 0.2) is 5.82 Å². The van der Waals surface area contributed by atoms with Gasteiger partial charge >= 0.3 is 0 Å². The fraction of sp³-hybridized carbons (Fsp3) is 0. The molecule has 13 rings (SSSR count). The first-order valence-corrected chi connectivity index (χ1v) is 21.5. The third kappa shape index (κ3) is 5.05. The maximum atomic E-state index is 5.32. The molecule has 4 aromatic heterocycles. The highest BCUT2D eigenvalue weighted by Crippen LogP contribution is 2.42. The summed E-state index contributed by atoms with van der Waals surface area (Å²) in [5.41, 5.74) is 8.42. The van der Waals surface area contributed by atoms with Gasteiger partial charge in [0.1, 0.15) is 0 Å². The van der Waals surface area contributed by atoms with E-state index in [9.17, 15) is 0 Å². The normalized spacial score (nSPS) is 12.1. The molecule has 0 aliphatic rings.